The van der Waals surface area contributed by atoms with E-state index in [4.69, 9.17) is 10.5 Å². The number of carbonyl (C=O) groups excluding carboxylic acids is 1. The average molecular weight is 278 g/mol. The number of benzene rings is 1. The van der Waals surface area contributed by atoms with Gasteiger partial charge in [-0.2, -0.15) is 0 Å². The van der Waals surface area contributed by atoms with Gasteiger partial charge < -0.3 is 15.4 Å². The quantitative estimate of drug-likeness (QED) is 0.853. The molecule has 20 heavy (non-hydrogen) atoms. The summed E-state index contributed by atoms with van der Waals surface area (Å²) in [5.41, 5.74) is 6.47. The molecule has 0 spiro atoms. The van der Waals surface area contributed by atoms with Crippen molar-refractivity contribution in [2.75, 3.05) is 14.2 Å². The van der Waals surface area contributed by atoms with Gasteiger partial charge in [-0.15, -0.1) is 0 Å². The van der Waals surface area contributed by atoms with Gasteiger partial charge in [0.1, 0.15) is 0 Å². The molecule has 2 rings (SSSR count). The molecule has 0 radical (unpaired) electrons. The van der Waals surface area contributed by atoms with Crippen molar-refractivity contribution >= 4 is 5.91 Å². The van der Waals surface area contributed by atoms with Crippen LogP contribution in [0.3, 0.4) is 0 Å². The molecule has 0 aliphatic heterocycles. The van der Waals surface area contributed by atoms with Gasteiger partial charge in [-0.25, -0.2) is 4.39 Å². The molecule has 0 heterocycles. The van der Waals surface area contributed by atoms with Crippen molar-refractivity contribution in [3.8, 4) is 5.75 Å². The highest BCUT2D eigenvalue weighted by Crippen LogP contribution is 2.21. The van der Waals surface area contributed by atoms with Crippen molar-refractivity contribution in [1.29, 1.82) is 0 Å². The molecular weight excluding hydrogens is 259 g/mol. The predicted molar refractivity (Wildman–Crippen MR) is 74.6 cm³/mol. The first kappa shape index (κ1) is 14.5. The topological polar surface area (TPSA) is 55.6 Å². The molecule has 0 saturated carbocycles. The second kappa shape index (κ2) is 6.05. The smallest absolute Gasteiger partial charge is 0.229 e. The summed E-state index contributed by atoms with van der Waals surface area (Å²) in [5.74, 6) is -0.385. The van der Waals surface area contributed by atoms with Crippen molar-refractivity contribution in [2.24, 2.45) is 11.7 Å². The van der Waals surface area contributed by atoms with Crippen LogP contribution in [0, 0.1) is 11.7 Å². The van der Waals surface area contributed by atoms with E-state index in [1.54, 1.807) is 24.1 Å². The van der Waals surface area contributed by atoms with Crippen LogP contribution in [0.1, 0.15) is 12.0 Å². The Morgan fingerprint density at radius 2 is 2.25 bits per heavy atom. The van der Waals surface area contributed by atoms with Crippen LogP contribution in [0.5, 0.6) is 5.75 Å². The molecule has 0 bridgehead atoms. The Morgan fingerprint density at radius 3 is 2.80 bits per heavy atom. The van der Waals surface area contributed by atoms with E-state index in [9.17, 15) is 9.18 Å². The largest absolute Gasteiger partial charge is 0.494 e. The van der Waals surface area contributed by atoms with Crippen LogP contribution in [0.25, 0.3) is 0 Å². The van der Waals surface area contributed by atoms with Crippen LogP contribution >= 0.6 is 0 Å². The van der Waals surface area contributed by atoms with Crippen molar-refractivity contribution < 1.29 is 13.9 Å². The predicted octanol–water partition coefficient (Wildman–Crippen LogP) is 1.70. The fraction of sp³-hybridized carbons (Fsp3) is 0.400. The van der Waals surface area contributed by atoms with Gasteiger partial charge in [0.05, 0.1) is 13.0 Å². The first-order valence-corrected chi connectivity index (χ1v) is 6.52. The van der Waals surface area contributed by atoms with Gasteiger partial charge in [0.2, 0.25) is 5.91 Å². The Hall–Kier alpha value is -1.88. The zero-order chi connectivity index (χ0) is 14.7. The number of hydrogen-bond donors (Lipinski definition) is 1. The molecule has 0 saturated heterocycles. The van der Waals surface area contributed by atoms with Gasteiger partial charge in [-0.1, -0.05) is 18.2 Å². The average Bonchev–Trinajstić information content (AvgIpc) is 2.84. The Balaban J connectivity index is 2.00. The van der Waals surface area contributed by atoms with Crippen LogP contribution in [0.15, 0.2) is 30.4 Å². The van der Waals surface area contributed by atoms with Gasteiger partial charge in [-0.3, -0.25) is 4.79 Å². The summed E-state index contributed by atoms with van der Waals surface area (Å²) in [6.07, 6.45) is 4.34. The summed E-state index contributed by atoms with van der Waals surface area (Å²) >= 11 is 0. The van der Waals surface area contributed by atoms with E-state index in [1.165, 1.54) is 13.2 Å². The molecule has 0 fully saturated rings. The summed E-state index contributed by atoms with van der Waals surface area (Å²) in [7, 11) is 3.13. The summed E-state index contributed by atoms with van der Waals surface area (Å²) in [6.45, 7) is 0.360. The lowest BCUT2D eigenvalue weighted by molar-refractivity contribution is -0.133. The number of ether oxygens (including phenoxy) is 1. The maximum atomic E-state index is 13.6. The molecule has 108 valence electrons. The van der Waals surface area contributed by atoms with E-state index in [0.717, 1.165) is 5.56 Å². The molecule has 5 heteroatoms. The summed E-state index contributed by atoms with van der Waals surface area (Å²) < 4.78 is 18.5. The highest BCUT2D eigenvalue weighted by Gasteiger charge is 2.25. The number of hydrogen-bond acceptors (Lipinski definition) is 3. The fourth-order valence-corrected chi connectivity index (χ4v) is 2.35. The van der Waals surface area contributed by atoms with Crippen LogP contribution in [0.4, 0.5) is 4.39 Å². The van der Waals surface area contributed by atoms with Gasteiger partial charge in [0.15, 0.2) is 11.6 Å². The zero-order valence-electron chi connectivity index (χ0n) is 11.7. The highest BCUT2D eigenvalue weighted by molar-refractivity contribution is 5.81. The molecule has 2 N–H and O–H groups in total. The molecule has 2 atom stereocenters. The Kier molecular flexibility index (Phi) is 4.39. The fourth-order valence-electron chi connectivity index (χ4n) is 2.35. The number of nitrogens with zero attached hydrogens (tertiary/aromatic N) is 1. The van der Waals surface area contributed by atoms with Crippen molar-refractivity contribution in [1.82, 2.24) is 4.90 Å². The lowest BCUT2D eigenvalue weighted by Crippen LogP contribution is -2.32. The number of rotatable bonds is 4. The third kappa shape index (κ3) is 3.17. The Morgan fingerprint density at radius 1 is 1.50 bits per heavy atom. The van der Waals surface area contributed by atoms with E-state index in [0.29, 0.717) is 13.0 Å². The van der Waals surface area contributed by atoms with Gasteiger partial charge >= 0.3 is 0 Å². The lowest BCUT2D eigenvalue weighted by Gasteiger charge is -2.21. The summed E-state index contributed by atoms with van der Waals surface area (Å²) in [5, 5.41) is 0. The van der Waals surface area contributed by atoms with Crippen LogP contribution in [0.2, 0.25) is 0 Å². The van der Waals surface area contributed by atoms with Gasteiger partial charge in [0, 0.05) is 19.6 Å². The molecule has 1 aliphatic rings. The molecule has 1 amide bonds. The van der Waals surface area contributed by atoms with Crippen LogP contribution < -0.4 is 10.5 Å². The minimum atomic E-state index is -0.423. The monoisotopic (exact) mass is 278 g/mol. The number of halogens is 1. The van der Waals surface area contributed by atoms with Crippen LogP contribution in [-0.2, 0) is 11.3 Å². The minimum absolute atomic E-state index is 0.00502. The standard InChI is InChI=1S/C15H19FN2O2/c1-18(15(19)11-4-5-12(17)8-11)9-10-3-6-14(20-2)13(16)7-10/h3-7,11-12H,8-9,17H2,1-2H3. The third-order valence-corrected chi connectivity index (χ3v) is 3.45. The number of nitrogens with two attached hydrogens (primary N) is 1. The molecular formula is C15H19FN2O2. The van der Waals surface area contributed by atoms with Gasteiger partial charge in [0.25, 0.3) is 0 Å². The summed E-state index contributed by atoms with van der Waals surface area (Å²) in [4.78, 5) is 13.8. The van der Waals surface area contributed by atoms with E-state index in [-0.39, 0.29) is 23.6 Å². The number of carbonyl (C=O) groups is 1. The third-order valence-electron chi connectivity index (χ3n) is 3.45. The van der Waals surface area contributed by atoms with E-state index < -0.39 is 5.82 Å². The molecule has 4 nitrogen and oxygen atoms in total. The molecule has 1 aromatic rings. The van der Waals surface area contributed by atoms with E-state index >= 15 is 0 Å². The van der Waals surface area contributed by atoms with Crippen molar-refractivity contribution in [3.63, 3.8) is 0 Å². The Labute approximate surface area is 118 Å². The minimum Gasteiger partial charge on any atom is -0.494 e. The van der Waals surface area contributed by atoms with E-state index in [1.807, 2.05) is 12.2 Å². The first-order chi connectivity index (χ1) is 9.51. The Bertz CT molecular complexity index is 531. The highest BCUT2D eigenvalue weighted by atomic mass is 19.1. The first-order valence-electron chi connectivity index (χ1n) is 6.52. The van der Waals surface area contributed by atoms with Crippen LogP contribution in [-0.4, -0.2) is 31.0 Å². The molecule has 0 aromatic heterocycles. The maximum Gasteiger partial charge on any atom is 0.229 e. The SMILES string of the molecule is COc1ccc(CN(C)C(=O)C2C=CC(N)C2)cc1F. The molecule has 1 aliphatic carbocycles. The molecule has 2 unspecified atom stereocenters. The maximum absolute atomic E-state index is 13.6. The second-order valence-electron chi connectivity index (χ2n) is 5.05. The van der Waals surface area contributed by atoms with Crippen molar-refractivity contribution in [2.45, 2.75) is 19.0 Å². The normalized spacial score (nSPS) is 21.0. The van der Waals surface area contributed by atoms with E-state index in [2.05, 4.69) is 0 Å². The second-order valence-corrected chi connectivity index (χ2v) is 5.05. The van der Waals surface area contributed by atoms with Crippen molar-refractivity contribution in [3.05, 3.63) is 41.7 Å². The molecule has 1 aromatic carbocycles. The summed E-state index contributed by atoms with van der Waals surface area (Å²) in [6, 6.07) is 4.66. The van der Waals surface area contributed by atoms with Gasteiger partial charge in [-0.05, 0) is 24.1 Å². The number of amides is 1. The number of methoxy groups -OCH3 is 1. The lowest BCUT2D eigenvalue weighted by atomic mass is 10.1. The zero-order valence-corrected chi connectivity index (χ0v) is 11.7.